The van der Waals surface area contributed by atoms with Gasteiger partial charge >= 0.3 is 6.09 Å². The van der Waals surface area contributed by atoms with E-state index in [1.54, 1.807) is 0 Å². The van der Waals surface area contributed by atoms with Crippen LogP contribution in [0.25, 0.3) is 21.5 Å². The highest BCUT2D eigenvalue weighted by Gasteiger charge is 2.16. The molecule has 4 aromatic rings. The number of carbonyl (C=O) groups is 1. The van der Waals surface area contributed by atoms with Gasteiger partial charge in [0, 0.05) is 23.7 Å². The van der Waals surface area contributed by atoms with Crippen molar-refractivity contribution in [3.8, 4) is 10.6 Å². The molecular weight excluding hydrogens is 408 g/mol. The third-order valence-electron chi connectivity index (χ3n) is 5.17. The van der Waals surface area contributed by atoms with Crippen molar-refractivity contribution in [3.05, 3.63) is 65.0 Å². The predicted octanol–water partition coefficient (Wildman–Crippen LogP) is 6.11. The number of hydrogen-bond donors (Lipinski definition) is 1. The van der Waals surface area contributed by atoms with Gasteiger partial charge < -0.3 is 4.74 Å². The van der Waals surface area contributed by atoms with Gasteiger partial charge in [0.1, 0.15) is 16.6 Å². The lowest BCUT2D eigenvalue weighted by Gasteiger charge is -2.06. The standard InChI is InChI=1S/C24H26N4O2S/c1-5-20-23(31-22(25-20)19-9-7-15(3)11-16(19)4)26-24(29)30-14-17-8-10-21-18(12-17)13-28(6-2)27-21/h7-13H,5-6,14H2,1-4H3,(H,26,29). The van der Waals surface area contributed by atoms with Crippen LogP contribution in [0.15, 0.2) is 42.6 Å². The van der Waals surface area contributed by atoms with Crippen LogP contribution in [0.4, 0.5) is 9.80 Å². The number of fused-ring (bicyclic) bond motifs is 1. The van der Waals surface area contributed by atoms with Crippen LogP contribution in [0.5, 0.6) is 0 Å². The minimum Gasteiger partial charge on any atom is -0.444 e. The Hall–Kier alpha value is -3.19. The maximum atomic E-state index is 12.5. The molecule has 0 bridgehead atoms. The summed E-state index contributed by atoms with van der Waals surface area (Å²) in [5.41, 5.74) is 6.21. The van der Waals surface area contributed by atoms with E-state index in [1.165, 1.54) is 22.5 Å². The van der Waals surface area contributed by atoms with Crippen LogP contribution in [0.2, 0.25) is 0 Å². The molecule has 1 amide bonds. The molecule has 0 spiro atoms. The Morgan fingerprint density at radius 3 is 2.74 bits per heavy atom. The summed E-state index contributed by atoms with van der Waals surface area (Å²) in [7, 11) is 0. The highest BCUT2D eigenvalue weighted by atomic mass is 32.1. The van der Waals surface area contributed by atoms with Crippen molar-refractivity contribution in [1.82, 2.24) is 14.8 Å². The highest BCUT2D eigenvalue weighted by Crippen LogP contribution is 2.34. The minimum atomic E-state index is -0.477. The van der Waals surface area contributed by atoms with Gasteiger partial charge in [-0.1, -0.05) is 48.1 Å². The third-order valence-corrected chi connectivity index (χ3v) is 6.22. The second-order valence-corrected chi connectivity index (χ2v) is 8.54. The molecule has 7 heteroatoms. The number of nitrogens with zero attached hydrogens (tertiary/aromatic N) is 3. The molecule has 0 fully saturated rings. The van der Waals surface area contributed by atoms with Crippen LogP contribution < -0.4 is 5.32 Å². The maximum absolute atomic E-state index is 12.5. The topological polar surface area (TPSA) is 69.0 Å². The van der Waals surface area contributed by atoms with E-state index in [1.807, 2.05) is 36.0 Å². The number of aryl methyl sites for hydroxylation is 4. The average molecular weight is 435 g/mol. The van der Waals surface area contributed by atoms with Crippen molar-refractivity contribution in [2.45, 2.75) is 47.3 Å². The number of ether oxygens (including phenoxy) is 1. The Morgan fingerprint density at radius 1 is 1.16 bits per heavy atom. The van der Waals surface area contributed by atoms with E-state index in [2.05, 4.69) is 49.4 Å². The molecule has 160 valence electrons. The molecule has 0 unspecified atom stereocenters. The van der Waals surface area contributed by atoms with Crippen LogP contribution in [-0.2, 0) is 24.3 Å². The molecule has 0 aliphatic carbocycles. The summed E-state index contributed by atoms with van der Waals surface area (Å²) in [6, 6.07) is 12.2. The number of benzene rings is 2. The number of anilines is 1. The van der Waals surface area contributed by atoms with Gasteiger partial charge in [0.15, 0.2) is 0 Å². The lowest BCUT2D eigenvalue weighted by atomic mass is 10.1. The zero-order valence-corrected chi connectivity index (χ0v) is 19.0. The number of carbonyl (C=O) groups excluding carboxylic acids is 1. The van der Waals surface area contributed by atoms with Crippen LogP contribution in [0, 0.1) is 13.8 Å². The molecule has 0 atom stereocenters. The summed E-state index contributed by atoms with van der Waals surface area (Å²) >= 11 is 1.48. The number of amides is 1. The summed E-state index contributed by atoms with van der Waals surface area (Å²) in [5.74, 6) is 0. The zero-order chi connectivity index (χ0) is 22.0. The van der Waals surface area contributed by atoms with E-state index in [0.717, 1.165) is 50.7 Å². The Kier molecular flexibility index (Phi) is 6.04. The molecule has 2 heterocycles. The van der Waals surface area contributed by atoms with E-state index >= 15 is 0 Å². The van der Waals surface area contributed by atoms with Gasteiger partial charge in [0.2, 0.25) is 0 Å². The first kappa shape index (κ1) is 21.1. The van der Waals surface area contributed by atoms with Crippen molar-refractivity contribution in [3.63, 3.8) is 0 Å². The zero-order valence-electron chi connectivity index (χ0n) is 18.2. The molecule has 2 aromatic carbocycles. The van der Waals surface area contributed by atoms with Crippen LogP contribution in [0.3, 0.4) is 0 Å². The quantitative estimate of drug-likeness (QED) is 0.398. The number of hydrogen-bond acceptors (Lipinski definition) is 5. The number of nitrogens with one attached hydrogen (secondary N) is 1. The highest BCUT2D eigenvalue weighted by molar-refractivity contribution is 7.19. The molecule has 2 aromatic heterocycles. The van der Waals surface area contributed by atoms with Gasteiger partial charge in [-0.2, -0.15) is 5.10 Å². The van der Waals surface area contributed by atoms with Crippen LogP contribution in [-0.4, -0.2) is 20.9 Å². The van der Waals surface area contributed by atoms with Gasteiger partial charge in [0.05, 0.1) is 11.2 Å². The summed E-state index contributed by atoms with van der Waals surface area (Å²) in [4.78, 5) is 17.2. The lowest BCUT2D eigenvalue weighted by molar-refractivity contribution is 0.155. The maximum Gasteiger partial charge on any atom is 0.412 e. The summed E-state index contributed by atoms with van der Waals surface area (Å²) in [6.45, 7) is 9.26. The van der Waals surface area contributed by atoms with E-state index < -0.39 is 6.09 Å². The molecule has 1 N–H and O–H groups in total. The van der Waals surface area contributed by atoms with Crippen molar-refractivity contribution in [1.29, 1.82) is 0 Å². The molecule has 6 nitrogen and oxygen atoms in total. The van der Waals surface area contributed by atoms with E-state index in [9.17, 15) is 4.79 Å². The number of aromatic nitrogens is 3. The SMILES string of the molecule is CCc1nc(-c2ccc(C)cc2C)sc1NC(=O)OCc1ccc2nn(CC)cc2c1. The summed E-state index contributed by atoms with van der Waals surface area (Å²) in [5, 5.41) is 10.0. The largest absolute Gasteiger partial charge is 0.444 e. The second-order valence-electron chi connectivity index (χ2n) is 7.55. The predicted molar refractivity (Wildman–Crippen MR) is 126 cm³/mol. The van der Waals surface area contributed by atoms with Gasteiger partial charge in [0.25, 0.3) is 0 Å². The Morgan fingerprint density at radius 2 is 2.00 bits per heavy atom. The van der Waals surface area contributed by atoms with Crippen LogP contribution >= 0.6 is 11.3 Å². The van der Waals surface area contributed by atoms with Gasteiger partial charge in [-0.3, -0.25) is 10.00 Å². The van der Waals surface area contributed by atoms with Gasteiger partial charge in [-0.05, 0) is 50.5 Å². The van der Waals surface area contributed by atoms with Crippen molar-refractivity contribution < 1.29 is 9.53 Å². The fraction of sp³-hybridized carbons (Fsp3) is 0.292. The Balaban J connectivity index is 1.45. The van der Waals surface area contributed by atoms with E-state index in [4.69, 9.17) is 9.72 Å². The molecule has 0 radical (unpaired) electrons. The van der Waals surface area contributed by atoms with Crippen LogP contribution in [0.1, 0.15) is 36.2 Å². The summed E-state index contributed by atoms with van der Waals surface area (Å²) in [6.07, 6.45) is 2.25. The first-order valence-electron chi connectivity index (χ1n) is 10.4. The smallest absolute Gasteiger partial charge is 0.412 e. The first-order chi connectivity index (χ1) is 15.0. The summed E-state index contributed by atoms with van der Waals surface area (Å²) < 4.78 is 7.36. The molecule has 0 aliphatic heterocycles. The molecule has 0 saturated heterocycles. The molecule has 0 saturated carbocycles. The Labute approximate surface area is 185 Å². The third kappa shape index (κ3) is 4.61. The van der Waals surface area contributed by atoms with E-state index in [0.29, 0.717) is 0 Å². The number of rotatable bonds is 6. The number of thiazole rings is 1. The Bertz CT molecular complexity index is 1240. The van der Waals surface area contributed by atoms with Crippen molar-refractivity contribution in [2.24, 2.45) is 0 Å². The lowest BCUT2D eigenvalue weighted by Crippen LogP contribution is -2.13. The molecular formula is C24H26N4O2S. The average Bonchev–Trinajstić information content (AvgIpc) is 3.35. The monoisotopic (exact) mass is 434 g/mol. The van der Waals surface area contributed by atoms with Crippen molar-refractivity contribution in [2.75, 3.05) is 5.32 Å². The second kappa shape index (κ2) is 8.89. The van der Waals surface area contributed by atoms with Gasteiger partial charge in [-0.25, -0.2) is 9.78 Å². The first-order valence-corrected chi connectivity index (χ1v) is 11.3. The fourth-order valence-corrected chi connectivity index (χ4v) is 4.64. The fourth-order valence-electron chi connectivity index (χ4n) is 3.51. The molecule has 0 aliphatic rings. The molecule has 4 rings (SSSR count). The normalized spacial score (nSPS) is 11.1. The van der Waals surface area contributed by atoms with E-state index in [-0.39, 0.29) is 6.61 Å². The van der Waals surface area contributed by atoms with Crippen molar-refractivity contribution >= 4 is 33.3 Å². The van der Waals surface area contributed by atoms with Gasteiger partial charge in [-0.15, -0.1) is 0 Å². The minimum absolute atomic E-state index is 0.198. The molecule has 31 heavy (non-hydrogen) atoms.